The van der Waals surface area contributed by atoms with Gasteiger partial charge < -0.3 is 19.8 Å². The van der Waals surface area contributed by atoms with Crippen LogP contribution in [0.25, 0.3) is 11.4 Å². The summed E-state index contributed by atoms with van der Waals surface area (Å²) in [6.07, 6.45) is 2.48. The summed E-state index contributed by atoms with van der Waals surface area (Å²) >= 11 is 0. The van der Waals surface area contributed by atoms with E-state index >= 15 is 0 Å². The molecule has 1 saturated carbocycles. The number of urea groups is 1. The van der Waals surface area contributed by atoms with Gasteiger partial charge in [0.2, 0.25) is 11.7 Å². The fourth-order valence-corrected chi connectivity index (χ4v) is 3.07. The van der Waals surface area contributed by atoms with Crippen LogP contribution in [0.1, 0.15) is 25.2 Å². The highest BCUT2D eigenvalue weighted by Crippen LogP contribution is 2.27. The standard InChI is InChI=1S/C17H22N4O3/c1-11-18-16(20-24-11)13-7-3-4-8-14(13)19-17(23)21(2)10-12-6-5-9-15(12)22/h3-4,7-8,12,15,22H,5-6,9-10H2,1-2H3,(H,19,23)/t12-,15-/m1/s1. The molecule has 0 saturated heterocycles. The van der Waals surface area contributed by atoms with E-state index in [2.05, 4.69) is 15.5 Å². The Labute approximate surface area is 140 Å². The molecule has 2 aromatic rings. The number of aliphatic hydroxyl groups excluding tert-OH is 1. The first-order valence-corrected chi connectivity index (χ1v) is 8.14. The normalized spacial score (nSPS) is 20.1. The predicted octanol–water partition coefficient (Wildman–Crippen LogP) is 2.67. The van der Waals surface area contributed by atoms with Gasteiger partial charge in [0.05, 0.1) is 11.8 Å². The number of nitrogens with one attached hydrogen (secondary N) is 1. The Hall–Kier alpha value is -2.41. The number of carbonyl (C=O) groups is 1. The molecule has 2 amide bonds. The Kier molecular flexibility index (Phi) is 4.80. The summed E-state index contributed by atoms with van der Waals surface area (Å²) in [6, 6.07) is 7.11. The van der Waals surface area contributed by atoms with E-state index in [1.54, 1.807) is 24.9 Å². The number of hydrogen-bond donors (Lipinski definition) is 2. The van der Waals surface area contributed by atoms with Crippen LogP contribution >= 0.6 is 0 Å². The van der Waals surface area contributed by atoms with Crippen LogP contribution in [0.4, 0.5) is 10.5 Å². The number of benzene rings is 1. The van der Waals surface area contributed by atoms with Gasteiger partial charge in [-0.2, -0.15) is 4.98 Å². The minimum absolute atomic E-state index is 0.149. The summed E-state index contributed by atoms with van der Waals surface area (Å²) < 4.78 is 5.01. The lowest BCUT2D eigenvalue weighted by atomic mass is 10.1. The summed E-state index contributed by atoms with van der Waals surface area (Å²) in [5, 5.41) is 16.7. The maximum absolute atomic E-state index is 12.5. The van der Waals surface area contributed by atoms with E-state index in [1.165, 1.54) is 0 Å². The maximum Gasteiger partial charge on any atom is 0.321 e. The molecule has 128 valence electrons. The Bertz CT molecular complexity index is 715. The number of amides is 2. The second-order valence-electron chi connectivity index (χ2n) is 6.25. The fourth-order valence-electron chi connectivity index (χ4n) is 3.07. The highest BCUT2D eigenvalue weighted by Gasteiger charge is 2.27. The predicted molar refractivity (Wildman–Crippen MR) is 89.5 cm³/mol. The smallest absolute Gasteiger partial charge is 0.321 e. The van der Waals surface area contributed by atoms with Crippen LogP contribution in [0, 0.1) is 12.8 Å². The van der Waals surface area contributed by atoms with Crippen molar-refractivity contribution in [2.24, 2.45) is 5.92 Å². The van der Waals surface area contributed by atoms with E-state index < -0.39 is 0 Å². The molecule has 24 heavy (non-hydrogen) atoms. The van der Waals surface area contributed by atoms with Crippen LogP contribution in [0.3, 0.4) is 0 Å². The summed E-state index contributed by atoms with van der Waals surface area (Å²) in [4.78, 5) is 18.3. The first kappa shape index (κ1) is 16.4. The molecular weight excluding hydrogens is 308 g/mol. The Balaban J connectivity index is 1.70. The first-order valence-electron chi connectivity index (χ1n) is 8.14. The van der Waals surface area contributed by atoms with Gasteiger partial charge in [-0.25, -0.2) is 4.79 Å². The largest absolute Gasteiger partial charge is 0.393 e. The van der Waals surface area contributed by atoms with E-state index in [1.807, 2.05) is 18.2 Å². The quantitative estimate of drug-likeness (QED) is 0.899. The highest BCUT2D eigenvalue weighted by atomic mass is 16.5. The van der Waals surface area contributed by atoms with Crippen molar-refractivity contribution in [2.75, 3.05) is 18.9 Å². The van der Waals surface area contributed by atoms with Crippen molar-refractivity contribution in [3.8, 4) is 11.4 Å². The van der Waals surface area contributed by atoms with Gasteiger partial charge in [0.15, 0.2) is 0 Å². The minimum Gasteiger partial charge on any atom is -0.393 e. The summed E-state index contributed by atoms with van der Waals surface area (Å²) in [5.41, 5.74) is 1.33. The van der Waals surface area contributed by atoms with E-state index in [0.29, 0.717) is 29.5 Å². The third kappa shape index (κ3) is 3.56. The van der Waals surface area contributed by atoms with Gasteiger partial charge in [-0.15, -0.1) is 0 Å². The van der Waals surface area contributed by atoms with Crippen molar-refractivity contribution in [1.29, 1.82) is 0 Å². The van der Waals surface area contributed by atoms with Crippen LogP contribution in [0.5, 0.6) is 0 Å². The van der Waals surface area contributed by atoms with Crippen molar-refractivity contribution in [2.45, 2.75) is 32.3 Å². The van der Waals surface area contributed by atoms with E-state index in [0.717, 1.165) is 19.3 Å². The molecule has 0 radical (unpaired) electrons. The van der Waals surface area contributed by atoms with E-state index in [9.17, 15) is 9.90 Å². The molecule has 0 aliphatic heterocycles. The minimum atomic E-state index is -0.310. The molecule has 7 nitrogen and oxygen atoms in total. The van der Waals surface area contributed by atoms with Crippen LogP contribution in [0.2, 0.25) is 0 Å². The monoisotopic (exact) mass is 330 g/mol. The molecule has 1 heterocycles. The zero-order valence-corrected chi connectivity index (χ0v) is 13.9. The lowest BCUT2D eigenvalue weighted by Gasteiger charge is -2.24. The molecule has 1 aliphatic rings. The number of anilines is 1. The molecule has 1 aliphatic carbocycles. The van der Waals surface area contributed by atoms with Gasteiger partial charge in [-0.3, -0.25) is 0 Å². The summed E-state index contributed by atoms with van der Waals surface area (Å²) in [5.74, 6) is 1.06. The Morgan fingerprint density at radius 1 is 1.42 bits per heavy atom. The topological polar surface area (TPSA) is 91.5 Å². The van der Waals surface area contributed by atoms with Gasteiger partial charge in [-0.1, -0.05) is 23.7 Å². The number of aliphatic hydroxyl groups is 1. The molecule has 1 aromatic carbocycles. The number of hydrogen-bond acceptors (Lipinski definition) is 5. The van der Waals surface area contributed by atoms with Gasteiger partial charge >= 0.3 is 6.03 Å². The summed E-state index contributed by atoms with van der Waals surface area (Å²) in [7, 11) is 1.74. The third-order valence-electron chi connectivity index (χ3n) is 4.41. The van der Waals surface area contributed by atoms with E-state index in [-0.39, 0.29) is 18.1 Å². The van der Waals surface area contributed by atoms with Crippen molar-refractivity contribution in [3.05, 3.63) is 30.2 Å². The van der Waals surface area contributed by atoms with E-state index in [4.69, 9.17) is 4.52 Å². The maximum atomic E-state index is 12.5. The average Bonchev–Trinajstić information content (AvgIpc) is 3.17. The zero-order valence-electron chi connectivity index (χ0n) is 13.9. The molecule has 1 fully saturated rings. The lowest BCUT2D eigenvalue weighted by Crippen LogP contribution is -2.37. The average molecular weight is 330 g/mol. The second kappa shape index (κ2) is 7.00. The highest BCUT2D eigenvalue weighted by molar-refractivity contribution is 5.93. The molecule has 3 rings (SSSR count). The van der Waals surface area contributed by atoms with Crippen molar-refractivity contribution in [3.63, 3.8) is 0 Å². The Morgan fingerprint density at radius 2 is 2.21 bits per heavy atom. The van der Waals surface area contributed by atoms with Crippen molar-refractivity contribution < 1.29 is 14.4 Å². The number of rotatable bonds is 4. The van der Waals surface area contributed by atoms with Gasteiger partial charge in [-0.05, 0) is 25.0 Å². The molecule has 7 heteroatoms. The van der Waals surface area contributed by atoms with Gasteiger partial charge in [0, 0.05) is 32.0 Å². The number of aromatic nitrogens is 2. The second-order valence-corrected chi connectivity index (χ2v) is 6.25. The lowest BCUT2D eigenvalue weighted by molar-refractivity contribution is 0.116. The molecular formula is C17H22N4O3. The number of carbonyl (C=O) groups excluding carboxylic acids is 1. The van der Waals surface area contributed by atoms with Crippen LogP contribution in [-0.2, 0) is 0 Å². The van der Waals surface area contributed by atoms with Gasteiger partial charge in [0.1, 0.15) is 0 Å². The third-order valence-corrected chi connectivity index (χ3v) is 4.41. The molecule has 2 N–H and O–H groups in total. The molecule has 0 spiro atoms. The van der Waals surface area contributed by atoms with Crippen molar-refractivity contribution in [1.82, 2.24) is 15.0 Å². The van der Waals surface area contributed by atoms with Gasteiger partial charge in [0.25, 0.3) is 0 Å². The number of para-hydroxylation sites is 1. The van der Waals surface area contributed by atoms with Crippen LogP contribution < -0.4 is 5.32 Å². The first-order chi connectivity index (χ1) is 11.5. The van der Waals surface area contributed by atoms with Crippen LogP contribution in [0.15, 0.2) is 28.8 Å². The summed E-state index contributed by atoms with van der Waals surface area (Å²) in [6.45, 7) is 2.26. The molecule has 2 atom stereocenters. The number of nitrogens with zero attached hydrogens (tertiary/aromatic N) is 3. The number of aryl methyl sites for hydroxylation is 1. The van der Waals surface area contributed by atoms with Crippen LogP contribution in [-0.4, -0.2) is 45.9 Å². The van der Waals surface area contributed by atoms with Crippen molar-refractivity contribution >= 4 is 11.7 Å². The fraction of sp³-hybridized carbons (Fsp3) is 0.471. The molecule has 0 bridgehead atoms. The molecule has 0 unspecified atom stereocenters. The molecule has 1 aromatic heterocycles. The Morgan fingerprint density at radius 3 is 2.88 bits per heavy atom. The zero-order chi connectivity index (χ0) is 17.1. The SMILES string of the molecule is Cc1nc(-c2ccccc2NC(=O)N(C)C[C@H]2CCC[C@H]2O)no1.